The third-order valence-electron chi connectivity index (χ3n) is 4.70. The summed E-state index contributed by atoms with van der Waals surface area (Å²) in [5.41, 5.74) is 3.19. The molecule has 0 atom stereocenters. The van der Waals surface area contributed by atoms with E-state index in [9.17, 15) is 13.2 Å². The Morgan fingerprint density at radius 1 is 0.969 bits per heavy atom. The minimum absolute atomic E-state index is 0.299. The second-order valence-electron chi connectivity index (χ2n) is 7.04. The highest BCUT2D eigenvalue weighted by atomic mass is 32.2. The van der Waals surface area contributed by atoms with Crippen LogP contribution >= 0.6 is 12.2 Å². The topological polar surface area (TPSA) is 42.9 Å². The number of halogens is 3. The molecule has 1 heterocycles. The summed E-state index contributed by atoms with van der Waals surface area (Å²) < 4.78 is 51.6. The Morgan fingerprint density at radius 3 is 2.44 bits per heavy atom. The Hall–Kier alpha value is -3.39. The molecular formula is C24H19F3N2O2S. The summed E-state index contributed by atoms with van der Waals surface area (Å²) in [7, 11) is 0. The highest BCUT2D eigenvalue weighted by Gasteiger charge is 2.29. The normalized spacial score (nSPS) is 13.5. The van der Waals surface area contributed by atoms with Crippen molar-refractivity contribution in [1.29, 1.82) is 0 Å². The lowest BCUT2D eigenvalue weighted by Crippen LogP contribution is -2.13. The fourth-order valence-electron chi connectivity index (χ4n) is 3.15. The summed E-state index contributed by atoms with van der Waals surface area (Å²) in [6, 6.07) is 20.9. The van der Waals surface area contributed by atoms with E-state index in [0.29, 0.717) is 24.3 Å². The number of hydrogen-bond acceptors (Lipinski definition) is 5. The molecular weight excluding hydrogens is 437 g/mol. The van der Waals surface area contributed by atoms with Crippen LogP contribution in [0.25, 0.3) is 17.2 Å². The fourth-order valence-corrected chi connectivity index (χ4v) is 3.52. The molecule has 0 radical (unpaired) electrons. The molecule has 0 unspecified atom stereocenters. The van der Waals surface area contributed by atoms with E-state index in [-0.39, 0.29) is 0 Å². The molecule has 164 valence electrons. The molecule has 0 saturated heterocycles. The van der Waals surface area contributed by atoms with Crippen LogP contribution in [0.4, 0.5) is 13.2 Å². The summed E-state index contributed by atoms with van der Waals surface area (Å²) in [4.78, 5) is 0. The predicted molar refractivity (Wildman–Crippen MR) is 121 cm³/mol. The first-order valence-electron chi connectivity index (χ1n) is 9.79. The smallest absolute Gasteiger partial charge is 0.416 e. The quantitative estimate of drug-likeness (QED) is 0.325. The number of amidine groups is 1. The van der Waals surface area contributed by atoms with Gasteiger partial charge in [-0.1, -0.05) is 59.8 Å². The Morgan fingerprint density at radius 2 is 1.72 bits per heavy atom. The molecule has 8 heteroatoms. The van der Waals surface area contributed by atoms with Gasteiger partial charge in [0.1, 0.15) is 12.4 Å². The van der Waals surface area contributed by atoms with E-state index in [0.717, 1.165) is 46.9 Å². The molecule has 4 rings (SSSR count). The number of rotatable bonds is 7. The molecule has 0 amide bonds. The number of alkyl halides is 3. The number of ether oxygens (including phenoxy) is 1. The Labute approximate surface area is 188 Å². The van der Waals surface area contributed by atoms with Crippen LogP contribution in [0.5, 0.6) is 5.75 Å². The molecule has 1 aliphatic heterocycles. The van der Waals surface area contributed by atoms with Gasteiger partial charge in [0.2, 0.25) is 12.2 Å². The van der Waals surface area contributed by atoms with Crippen molar-refractivity contribution in [2.75, 3.05) is 6.61 Å². The largest absolute Gasteiger partial charge is 0.490 e. The van der Waals surface area contributed by atoms with Gasteiger partial charge in [-0.2, -0.15) is 13.2 Å². The first-order chi connectivity index (χ1) is 15.5. The van der Waals surface area contributed by atoms with Crippen molar-refractivity contribution in [3.05, 3.63) is 95.6 Å². The number of benzene rings is 3. The molecule has 4 nitrogen and oxygen atoms in total. The van der Waals surface area contributed by atoms with Crippen LogP contribution < -0.4 is 9.46 Å². The van der Waals surface area contributed by atoms with E-state index in [1.807, 2.05) is 42.5 Å². The second kappa shape index (κ2) is 9.82. The second-order valence-corrected chi connectivity index (χ2v) is 7.56. The van der Waals surface area contributed by atoms with Gasteiger partial charge in [-0.25, -0.2) is 0 Å². The van der Waals surface area contributed by atoms with Crippen LogP contribution in [-0.2, 0) is 16.9 Å². The van der Waals surface area contributed by atoms with Gasteiger partial charge < -0.3 is 4.74 Å². The molecule has 0 fully saturated rings. The summed E-state index contributed by atoms with van der Waals surface area (Å²) in [6.45, 7) is 0.299. The van der Waals surface area contributed by atoms with E-state index in [2.05, 4.69) is 15.9 Å². The zero-order valence-electron chi connectivity index (χ0n) is 16.8. The van der Waals surface area contributed by atoms with E-state index < -0.39 is 11.7 Å². The average molecular weight is 456 g/mol. The van der Waals surface area contributed by atoms with Crippen LogP contribution in [0.3, 0.4) is 0 Å². The van der Waals surface area contributed by atoms with Gasteiger partial charge in [-0.05, 0) is 52.6 Å². The SMILES string of the molecule is FC(F)(F)c1ccc(C=CCOc2cccc(-c3cccc(CC4=NOSN4)c3)c2)cc1. The van der Waals surface area contributed by atoms with E-state index in [4.69, 9.17) is 9.02 Å². The summed E-state index contributed by atoms with van der Waals surface area (Å²) in [6.07, 6.45) is -0.183. The fraction of sp³-hybridized carbons (Fsp3) is 0.125. The maximum atomic E-state index is 12.6. The maximum Gasteiger partial charge on any atom is 0.416 e. The number of nitrogens with zero attached hydrogens (tertiary/aromatic N) is 1. The summed E-state index contributed by atoms with van der Waals surface area (Å²) in [5, 5.41) is 3.92. The molecule has 1 N–H and O–H groups in total. The van der Waals surface area contributed by atoms with Gasteiger partial charge >= 0.3 is 6.18 Å². The minimum atomic E-state index is -4.33. The van der Waals surface area contributed by atoms with Gasteiger partial charge in [0.25, 0.3) is 0 Å². The lowest BCUT2D eigenvalue weighted by Gasteiger charge is -2.08. The van der Waals surface area contributed by atoms with Crippen molar-refractivity contribution in [2.45, 2.75) is 12.6 Å². The molecule has 0 spiro atoms. The first-order valence-corrected chi connectivity index (χ1v) is 10.5. The summed E-state index contributed by atoms with van der Waals surface area (Å²) >= 11 is 1.09. The van der Waals surface area contributed by atoms with Crippen LogP contribution in [0.1, 0.15) is 16.7 Å². The Balaban J connectivity index is 1.37. The minimum Gasteiger partial charge on any atom is -0.490 e. The molecule has 0 aliphatic carbocycles. The van der Waals surface area contributed by atoms with Crippen molar-refractivity contribution in [1.82, 2.24) is 4.72 Å². The number of hydrogen-bond donors (Lipinski definition) is 1. The van der Waals surface area contributed by atoms with Gasteiger partial charge in [-0.15, -0.1) is 0 Å². The molecule has 0 saturated carbocycles. The lowest BCUT2D eigenvalue weighted by atomic mass is 10.0. The van der Waals surface area contributed by atoms with Crippen LogP contribution in [0.15, 0.2) is 84.0 Å². The molecule has 1 aliphatic rings. The zero-order chi connectivity index (χ0) is 22.4. The van der Waals surface area contributed by atoms with Gasteiger partial charge in [0.15, 0.2) is 5.84 Å². The molecule has 0 aromatic heterocycles. The van der Waals surface area contributed by atoms with Crippen molar-refractivity contribution in [3.63, 3.8) is 0 Å². The number of nitrogens with one attached hydrogen (secondary N) is 1. The first kappa shape index (κ1) is 21.8. The van der Waals surface area contributed by atoms with Crippen molar-refractivity contribution in [2.24, 2.45) is 5.16 Å². The van der Waals surface area contributed by atoms with Crippen LogP contribution in [0, 0.1) is 0 Å². The van der Waals surface area contributed by atoms with Gasteiger partial charge in [0.05, 0.1) is 5.56 Å². The van der Waals surface area contributed by atoms with Gasteiger partial charge in [0, 0.05) is 6.42 Å². The monoisotopic (exact) mass is 456 g/mol. The summed E-state index contributed by atoms with van der Waals surface area (Å²) in [5.74, 6) is 1.47. The maximum absolute atomic E-state index is 12.6. The van der Waals surface area contributed by atoms with E-state index in [1.165, 1.54) is 12.1 Å². The molecule has 3 aromatic carbocycles. The highest BCUT2D eigenvalue weighted by Crippen LogP contribution is 2.29. The van der Waals surface area contributed by atoms with Crippen LogP contribution in [-0.4, -0.2) is 12.4 Å². The molecule has 0 bridgehead atoms. The van der Waals surface area contributed by atoms with E-state index in [1.54, 1.807) is 12.2 Å². The Kier molecular flexibility index (Phi) is 6.70. The van der Waals surface area contributed by atoms with Crippen molar-refractivity contribution >= 4 is 24.1 Å². The standard InChI is InChI=1S/C24H19F3N2O2S/c25-24(26,27)21-11-9-17(10-12-21)5-3-13-30-22-8-2-7-20(16-22)19-6-1-4-18(14-19)15-23-28-31-32-29-23/h1-12,14,16H,13,15H2,(H,28,29). The average Bonchev–Trinajstić information content (AvgIpc) is 3.30. The number of oxime groups is 1. The Bertz CT molecular complexity index is 1130. The molecule has 3 aromatic rings. The van der Waals surface area contributed by atoms with Crippen molar-refractivity contribution < 1.29 is 22.2 Å². The zero-order valence-corrected chi connectivity index (χ0v) is 17.6. The molecule has 32 heavy (non-hydrogen) atoms. The third kappa shape index (κ3) is 5.85. The van der Waals surface area contributed by atoms with E-state index >= 15 is 0 Å². The van der Waals surface area contributed by atoms with Gasteiger partial charge in [-0.3, -0.25) is 9.01 Å². The third-order valence-corrected chi connectivity index (χ3v) is 5.17. The van der Waals surface area contributed by atoms with Crippen LogP contribution in [0.2, 0.25) is 0 Å². The predicted octanol–water partition coefficient (Wildman–Crippen LogP) is 6.50. The van der Waals surface area contributed by atoms with Crippen molar-refractivity contribution in [3.8, 4) is 16.9 Å². The highest BCUT2D eigenvalue weighted by molar-refractivity contribution is 7.93. The lowest BCUT2D eigenvalue weighted by molar-refractivity contribution is -0.137.